The minimum absolute atomic E-state index is 0.214. The summed E-state index contributed by atoms with van der Waals surface area (Å²) in [5.41, 5.74) is 1.10. The van der Waals surface area contributed by atoms with Crippen LogP contribution in [0.2, 0.25) is 0 Å². The first-order valence-electron chi connectivity index (χ1n) is 7.61. The first-order chi connectivity index (χ1) is 10.1. The number of rotatable bonds is 5. The summed E-state index contributed by atoms with van der Waals surface area (Å²) in [4.78, 5) is 2.52. The van der Waals surface area contributed by atoms with Crippen molar-refractivity contribution in [2.45, 2.75) is 57.0 Å². The molecule has 21 heavy (non-hydrogen) atoms. The molecule has 1 aromatic rings. The summed E-state index contributed by atoms with van der Waals surface area (Å²) >= 11 is 0. The van der Waals surface area contributed by atoms with E-state index in [-0.39, 0.29) is 5.75 Å². The van der Waals surface area contributed by atoms with E-state index in [1.54, 1.807) is 12.1 Å². The fourth-order valence-corrected chi connectivity index (χ4v) is 3.63. The Morgan fingerprint density at radius 1 is 1.19 bits per heavy atom. The first-order valence-corrected chi connectivity index (χ1v) is 7.61. The number of nitrogens with one attached hydrogen (secondary N) is 1. The Balaban J connectivity index is 1.49. The minimum Gasteiger partial charge on any atom is -0.435 e. The molecule has 1 aromatic carbocycles. The molecule has 0 radical (unpaired) electrons. The third-order valence-electron chi connectivity index (χ3n) is 4.84. The molecule has 5 heteroatoms. The van der Waals surface area contributed by atoms with Gasteiger partial charge in [0, 0.05) is 24.7 Å². The third kappa shape index (κ3) is 3.52. The standard InChI is InChI=1S/C16H22F2N2O/c1-20-13-4-5-14(20)9-12(8-13)19-10-11-2-6-15(7-3-11)21-16(17)18/h2-3,6-7,12-14,16,19H,4-5,8-10H2,1H3. The molecule has 2 heterocycles. The summed E-state index contributed by atoms with van der Waals surface area (Å²) in [7, 11) is 2.24. The Morgan fingerprint density at radius 2 is 1.81 bits per heavy atom. The highest BCUT2D eigenvalue weighted by molar-refractivity contribution is 5.27. The van der Waals surface area contributed by atoms with Crippen LogP contribution >= 0.6 is 0 Å². The lowest BCUT2D eigenvalue weighted by atomic mass is 9.98. The molecule has 2 fully saturated rings. The molecular weight excluding hydrogens is 274 g/mol. The second-order valence-corrected chi connectivity index (χ2v) is 6.12. The maximum absolute atomic E-state index is 12.1. The van der Waals surface area contributed by atoms with E-state index >= 15 is 0 Å². The summed E-state index contributed by atoms with van der Waals surface area (Å²) in [6, 6.07) is 8.90. The van der Waals surface area contributed by atoms with Gasteiger partial charge in [-0.2, -0.15) is 8.78 Å². The van der Waals surface area contributed by atoms with Crippen LogP contribution in [0.25, 0.3) is 0 Å². The number of piperidine rings is 1. The van der Waals surface area contributed by atoms with E-state index in [4.69, 9.17) is 0 Å². The minimum atomic E-state index is -2.76. The monoisotopic (exact) mass is 296 g/mol. The summed E-state index contributed by atoms with van der Waals surface area (Å²) in [6.45, 7) is -1.98. The Hall–Kier alpha value is -1.20. The van der Waals surface area contributed by atoms with Gasteiger partial charge in [0.15, 0.2) is 0 Å². The van der Waals surface area contributed by atoms with E-state index in [2.05, 4.69) is 22.0 Å². The topological polar surface area (TPSA) is 24.5 Å². The maximum atomic E-state index is 12.1. The molecule has 0 aromatic heterocycles. The summed E-state index contributed by atoms with van der Waals surface area (Å²) < 4.78 is 28.5. The molecule has 1 N–H and O–H groups in total. The van der Waals surface area contributed by atoms with Gasteiger partial charge in [0.05, 0.1) is 0 Å². The molecule has 2 saturated heterocycles. The quantitative estimate of drug-likeness (QED) is 0.904. The number of hydrogen-bond acceptors (Lipinski definition) is 3. The highest BCUT2D eigenvalue weighted by Crippen LogP contribution is 2.34. The second kappa shape index (κ2) is 6.28. The molecule has 0 spiro atoms. The molecular formula is C16H22F2N2O. The predicted octanol–water partition coefficient (Wildman–Crippen LogP) is 3.00. The summed E-state index contributed by atoms with van der Waals surface area (Å²) in [6.07, 6.45) is 5.05. The number of nitrogens with zero attached hydrogens (tertiary/aromatic N) is 1. The zero-order chi connectivity index (χ0) is 14.8. The van der Waals surface area contributed by atoms with Crippen molar-refractivity contribution in [2.24, 2.45) is 0 Å². The van der Waals surface area contributed by atoms with Crippen molar-refractivity contribution in [3.8, 4) is 5.75 Å². The number of ether oxygens (including phenoxy) is 1. The van der Waals surface area contributed by atoms with Crippen molar-refractivity contribution in [3.63, 3.8) is 0 Å². The van der Waals surface area contributed by atoms with E-state index in [0.717, 1.165) is 24.2 Å². The van der Waals surface area contributed by atoms with Gasteiger partial charge in [-0.25, -0.2) is 0 Å². The number of hydrogen-bond donors (Lipinski definition) is 1. The molecule has 0 amide bonds. The van der Waals surface area contributed by atoms with E-state index in [1.165, 1.54) is 25.7 Å². The molecule has 2 aliphatic rings. The van der Waals surface area contributed by atoms with Crippen molar-refractivity contribution in [1.82, 2.24) is 10.2 Å². The lowest BCUT2D eigenvalue weighted by Gasteiger charge is -2.36. The molecule has 2 atom stereocenters. The summed E-state index contributed by atoms with van der Waals surface area (Å²) in [5, 5.41) is 3.60. The van der Waals surface area contributed by atoms with Gasteiger partial charge in [0.2, 0.25) is 0 Å². The Kier molecular flexibility index (Phi) is 4.40. The van der Waals surface area contributed by atoms with Gasteiger partial charge in [-0.1, -0.05) is 12.1 Å². The van der Waals surface area contributed by atoms with Gasteiger partial charge < -0.3 is 15.0 Å². The molecule has 2 aliphatic heterocycles. The fraction of sp³-hybridized carbons (Fsp3) is 0.625. The van der Waals surface area contributed by atoms with Crippen LogP contribution in [0.15, 0.2) is 24.3 Å². The molecule has 3 nitrogen and oxygen atoms in total. The Labute approximate surface area is 124 Å². The third-order valence-corrected chi connectivity index (χ3v) is 4.84. The van der Waals surface area contributed by atoms with Crippen LogP contribution in [-0.4, -0.2) is 36.7 Å². The van der Waals surface area contributed by atoms with Crippen LogP contribution in [0, 0.1) is 0 Å². The molecule has 3 rings (SSSR count). The normalized spacial score (nSPS) is 29.0. The first kappa shape index (κ1) is 14.7. The molecule has 0 aliphatic carbocycles. The van der Waals surface area contributed by atoms with Crippen molar-refractivity contribution >= 4 is 0 Å². The van der Waals surface area contributed by atoms with E-state index in [1.807, 2.05) is 12.1 Å². The van der Waals surface area contributed by atoms with Crippen molar-refractivity contribution in [2.75, 3.05) is 7.05 Å². The van der Waals surface area contributed by atoms with Crippen LogP contribution in [0.1, 0.15) is 31.2 Å². The Morgan fingerprint density at radius 3 is 2.38 bits per heavy atom. The van der Waals surface area contributed by atoms with Crippen LogP contribution in [0.4, 0.5) is 8.78 Å². The number of halogens is 2. The summed E-state index contributed by atoms with van der Waals surface area (Å²) in [5.74, 6) is 0.214. The van der Waals surface area contributed by atoms with Crippen molar-refractivity contribution < 1.29 is 13.5 Å². The average molecular weight is 296 g/mol. The van der Waals surface area contributed by atoms with Gasteiger partial charge in [-0.15, -0.1) is 0 Å². The molecule has 2 bridgehead atoms. The molecule has 2 unspecified atom stereocenters. The SMILES string of the molecule is CN1C2CCC1CC(NCc1ccc(OC(F)F)cc1)C2. The van der Waals surface area contributed by atoms with Gasteiger partial charge >= 0.3 is 6.61 Å². The van der Waals surface area contributed by atoms with Crippen molar-refractivity contribution in [3.05, 3.63) is 29.8 Å². The van der Waals surface area contributed by atoms with Gasteiger partial charge in [0.25, 0.3) is 0 Å². The Bertz CT molecular complexity index is 452. The zero-order valence-electron chi connectivity index (χ0n) is 12.3. The number of alkyl halides is 2. The predicted molar refractivity (Wildman–Crippen MR) is 77.5 cm³/mol. The van der Waals surface area contributed by atoms with Crippen LogP contribution in [-0.2, 0) is 6.54 Å². The molecule has 116 valence electrons. The number of benzene rings is 1. The zero-order valence-corrected chi connectivity index (χ0v) is 12.3. The van der Waals surface area contributed by atoms with Gasteiger partial charge in [-0.05, 0) is 50.4 Å². The van der Waals surface area contributed by atoms with Crippen LogP contribution in [0.5, 0.6) is 5.75 Å². The van der Waals surface area contributed by atoms with E-state index in [0.29, 0.717) is 6.04 Å². The average Bonchev–Trinajstić information content (AvgIpc) is 2.68. The lowest BCUT2D eigenvalue weighted by Crippen LogP contribution is -2.46. The molecule has 0 saturated carbocycles. The van der Waals surface area contributed by atoms with Crippen LogP contribution < -0.4 is 10.1 Å². The number of fused-ring (bicyclic) bond motifs is 2. The highest BCUT2D eigenvalue weighted by Gasteiger charge is 2.37. The van der Waals surface area contributed by atoms with Crippen LogP contribution in [0.3, 0.4) is 0 Å². The van der Waals surface area contributed by atoms with E-state index in [9.17, 15) is 8.78 Å². The van der Waals surface area contributed by atoms with Gasteiger partial charge in [-0.3, -0.25) is 0 Å². The largest absolute Gasteiger partial charge is 0.435 e. The lowest BCUT2D eigenvalue weighted by molar-refractivity contribution is -0.0498. The van der Waals surface area contributed by atoms with E-state index < -0.39 is 6.61 Å². The maximum Gasteiger partial charge on any atom is 0.387 e. The fourth-order valence-electron chi connectivity index (χ4n) is 3.63. The second-order valence-electron chi connectivity index (χ2n) is 6.12. The van der Waals surface area contributed by atoms with Gasteiger partial charge in [0.1, 0.15) is 5.75 Å². The smallest absolute Gasteiger partial charge is 0.387 e. The van der Waals surface area contributed by atoms with Crippen molar-refractivity contribution in [1.29, 1.82) is 0 Å². The highest BCUT2D eigenvalue weighted by atomic mass is 19.3.